The van der Waals surface area contributed by atoms with Crippen LogP contribution in [0, 0.1) is 5.92 Å². The van der Waals surface area contributed by atoms with Crippen molar-refractivity contribution >= 4 is 17.5 Å². The molecule has 1 saturated carbocycles. The second-order valence-corrected chi connectivity index (χ2v) is 5.88. The molecule has 5 nitrogen and oxygen atoms in total. The van der Waals surface area contributed by atoms with E-state index in [0.717, 1.165) is 31.4 Å². The first kappa shape index (κ1) is 15.5. The number of rotatable bonds is 3. The minimum atomic E-state index is -0.0471. The molecule has 2 rings (SSSR count). The van der Waals surface area contributed by atoms with Crippen LogP contribution < -0.4 is 11.1 Å². The second kappa shape index (κ2) is 6.72. The van der Waals surface area contributed by atoms with Crippen LogP contribution in [0.4, 0.5) is 5.69 Å². The number of carbonyl (C=O) groups is 2. The minimum absolute atomic E-state index is 0.0471. The number of nitrogens with two attached hydrogens (primary N) is 1. The number of carbonyl (C=O) groups excluding carboxylic acids is 2. The number of benzene rings is 1. The Balaban J connectivity index is 1.94. The number of hydrogen-bond donors (Lipinski definition) is 2. The summed E-state index contributed by atoms with van der Waals surface area (Å²) in [6.45, 7) is 0. The van der Waals surface area contributed by atoms with E-state index in [2.05, 4.69) is 5.32 Å². The zero-order valence-electron chi connectivity index (χ0n) is 12.6. The van der Waals surface area contributed by atoms with E-state index >= 15 is 0 Å². The fourth-order valence-electron chi connectivity index (χ4n) is 2.58. The summed E-state index contributed by atoms with van der Waals surface area (Å²) in [5.74, 6) is 0.0515. The smallest absolute Gasteiger partial charge is 0.253 e. The number of anilines is 1. The predicted molar refractivity (Wildman–Crippen MR) is 83.0 cm³/mol. The average Bonchev–Trinajstić information content (AvgIpc) is 2.47. The summed E-state index contributed by atoms with van der Waals surface area (Å²) in [6.07, 6.45) is 3.52. The van der Waals surface area contributed by atoms with Gasteiger partial charge in [0.15, 0.2) is 0 Å². The Kier molecular flexibility index (Phi) is 4.96. The molecule has 1 aromatic carbocycles. The monoisotopic (exact) mass is 289 g/mol. The molecule has 3 N–H and O–H groups in total. The Hall–Kier alpha value is -1.88. The van der Waals surface area contributed by atoms with E-state index in [-0.39, 0.29) is 23.8 Å². The van der Waals surface area contributed by atoms with Crippen molar-refractivity contribution in [1.82, 2.24) is 4.90 Å². The molecule has 0 heterocycles. The van der Waals surface area contributed by atoms with Crippen LogP contribution >= 0.6 is 0 Å². The fraction of sp³-hybridized carbons (Fsp3) is 0.500. The van der Waals surface area contributed by atoms with Gasteiger partial charge in [-0.3, -0.25) is 9.59 Å². The fourth-order valence-corrected chi connectivity index (χ4v) is 2.58. The quantitative estimate of drug-likeness (QED) is 0.891. The highest BCUT2D eigenvalue weighted by atomic mass is 16.2. The first-order valence-electron chi connectivity index (χ1n) is 7.35. The van der Waals surface area contributed by atoms with Crippen LogP contribution in [0.1, 0.15) is 36.0 Å². The maximum Gasteiger partial charge on any atom is 0.253 e. The summed E-state index contributed by atoms with van der Waals surface area (Å²) >= 11 is 0. The second-order valence-electron chi connectivity index (χ2n) is 5.88. The molecule has 114 valence electrons. The van der Waals surface area contributed by atoms with Crippen molar-refractivity contribution in [2.45, 2.75) is 31.7 Å². The number of hydrogen-bond acceptors (Lipinski definition) is 3. The molecule has 1 aliphatic carbocycles. The summed E-state index contributed by atoms with van der Waals surface area (Å²) in [5.41, 5.74) is 7.19. The van der Waals surface area contributed by atoms with Gasteiger partial charge in [-0.2, -0.15) is 0 Å². The predicted octanol–water partition coefficient (Wildman–Crippen LogP) is 1.84. The van der Waals surface area contributed by atoms with Gasteiger partial charge in [-0.15, -0.1) is 0 Å². The van der Waals surface area contributed by atoms with E-state index in [1.54, 1.807) is 38.4 Å². The third-order valence-corrected chi connectivity index (χ3v) is 3.95. The molecule has 0 bridgehead atoms. The van der Waals surface area contributed by atoms with Gasteiger partial charge < -0.3 is 16.0 Å². The molecule has 5 heteroatoms. The molecule has 0 saturated heterocycles. The molecule has 0 aromatic heterocycles. The van der Waals surface area contributed by atoms with Gasteiger partial charge in [0.1, 0.15) is 0 Å². The van der Waals surface area contributed by atoms with E-state index in [1.165, 1.54) is 4.90 Å². The third-order valence-electron chi connectivity index (χ3n) is 3.95. The maximum absolute atomic E-state index is 12.2. The lowest BCUT2D eigenvalue weighted by atomic mass is 9.86. The van der Waals surface area contributed by atoms with Crippen molar-refractivity contribution < 1.29 is 9.59 Å². The lowest BCUT2D eigenvalue weighted by molar-refractivity contribution is -0.120. The van der Waals surface area contributed by atoms with Crippen LogP contribution in [0.3, 0.4) is 0 Å². The Labute approximate surface area is 125 Å². The maximum atomic E-state index is 12.2. The van der Waals surface area contributed by atoms with E-state index in [4.69, 9.17) is 5.73 Å². The van der Waals surface area contributed by atoms with E-state index in [1.807, 2.05) is 0 Å². The summed E-state index contributed by atoms with van der Waals surface area (Å²) in [4.78, 5) is 25.5. The normalized spacial score (nSPS) is 21.7. The first-order chi connectivity index (χ1) is 9.97. The summed E-state index contributed by atoms with van der Waals surface area (Å²) in [6, 6.07) is 7.24. The molecule has 1 aliphatic rings. The van der Waals surface area contributed by atoms with Crippen molar-refractivity contribution in [2.75, 3.05) is 19.4 Å². The Morgan fingerprint density at radius 3 is 2.19 bits per heavy atom. The molecule has 0 spiro atoms. The molecule has 1 fully saturated rings. The Morgan fingerprint density at radius 1 is 1.10 bits per heavy atom. The Bertz CT molecular complexity index is 503. The topological polar surface area (TPSA) is 75.4 Å². The molecule has 2 amide bonds. The number of amides is 2. The molecular formula is C16H23N3O2. The standard InChI is InChI=1S/C16H23N3O2/c1-19(2)16(21)12-5-9-14(10-6-12)18-15(20)11-3-7-13(17)8-4-11/h5-6,9-11,13H,3-4,7-8,17H2,1-2H3,(H,18,20). The van der Waals surface area contributed by atoms with E-state index < -0.39 is 0 Å². The van der Waals surface area contributed by atoms with Gasteiger partial charge in [-0.05, 0) is 49.9 Å². The Morgan fingerprint density at radius 2 is 1.67 bits per heavy atom. The zero-order valence-corrected chi connectivity index (χ0v) is 12.6. The lowest BCUT2D eigenvalue weighted by Crippen LogP contribution is -2.32. The van der Waals surface area contributed by atoms with Crippen molar-refractivity contribution in [3.05, 3.63) is 29.8 Å². The molecule has 21 heavy (non-hydrogen) atoms. The van der Waals surface area contributed by atoms with Crippen LogP contribution in [0.2, 0.25) is 0 Å². The van der Waals surface area contributed by atoms with Gasteiger partial charge in [0, 0.05) is 37.3 Å². The highest BCUT2D eigenvalue weighted by Gasteiger charge is 2.24. The lowest BCUT2D eigenvalue weighted by Gasteiger charge is -2.25. The van der Waals surface area contributed by atoms with Crippen LogP contribution in [0.15, 0.2) is 24.3 Å². The molecule has 0 radical (unpaired) electrons. The van der Waals surface area contributed by atoms with Crippen LogP contribution in [0.25, 0.3) is 0 Å². The SMILES string of the molecule is CN(C)C(=O)c1ccc(NC(=O)C2CCC(N)CC2)cc1. The zero-order chi connectivity index (χ0) is 15.4. The summed E-state index contributed by atoms with van der Waals surface area (Å²) < 4.78 is 0. The molecule has 0 unspecified atom stereocenters. The third kappa shape index (κ3) is 4.04. The highest BCUT2D eigenvalue weighted by Crippen LogP contribution is 2.24. The van der Waals surface area contributed by atoms with Gasteiger partial charge in [-0.25, -0.2) is 0 Å². The van der Waals surface area contributed by atoms with Gasteiger partial charge in [0.2, 0.25) is 5.91 Å². The van der Waals surface area contributed by atoms with Crippen molar-refractivity contribution in [1.29, 1.82) is 0 Å². The average molecular weight is 289 g/mol. The summed E-state index contributed by atoms with van der Waals surface area (Å²) in [7, 11) is 3.43. The van der Waals surface area contributed by atoms with E-state index in [0.29, 0.717) is 5.56 Å². The molecular weight excluding hydrogens is 266 g/mol. The van der Waals surface area contributed by atoms with Crippen LogP contribution in [-0.4, -0.2) is 36.9 Å². The minimum Gasteiger partial charge on any atom is -0.345 e. The molecule has 1 aromatic rings. The number of nitrogens with zero attached hydrogens (tertiary/aromatic N) is 1. The van der Waals surface area contributed by atoms with Crippen LogP contribution in [-0.2, 0) is 4.79 Å². The first-order valence-corrected chi connectivity index (χ1v) is 7.35. The number of nitrogens with one attached hydrogen (secondary N) is 1. The van der Waals surface area contributed by atoms with E-state index in [9.17, 15) is 9.59 Å². The van der Waals surface area contributed by atoms with Gasteiger partial charge in [-0.1, -0.05) is 0 Å². The van der Waals surface area contributed by atoms with Crippen molar-refractivity contribution in [2.24, 2.45) is 11.7 Å². The highest BCUT2D eigenvalue weighted by molar-refractivity contribution is 5.96. The van der Waals surface area contributed by atoms with Crippen molar-refractivity contribution in [3.8, 4) is 0 Å². The van der Waals surface area contributed by atoms with Gasteiger partial charge in [0.05, 0.1) is 0 Å². The van der Waals surface area contributed by atoms with Crippen molar-refractivity contribution in [3.63, 3.8) is 0 Å². The molecule has 0 aliphatic heterocycles. The van der Waals surface area contributed by atoms with Gasteiger partial charge >= 0.3 is 0 Å². The van der Waals surface area contributed by atoms with Crippen LogP contribution in [0.5, 0.6) is 0 Å². The van der Waals surface area contributed by atoms with Gasteiger partial charge in [0.25, 0.3) is 5.91 Å². The molecule has 0 atom stereocenters. The summed E-state index contributed by atoms with van der Waals surface area (Å²) in [5, 5.41) is 2.92. The largest absolute Gasteiger partial charge is 0.345 e.